The Bertz CT molecular complexity index is 834. The van der Waals surface area contributed by atoms with Gasteiger partial charge in [0.2, 0.25) is 0 Å². The third-order valence-corrected chi connectivity index (χ3v) is 4.64. The lowest BCUT2D eigenvalue weighted by Gasteiger charge is -2.33. The first-order valence-electron chi connectivity index (χ1n) is 8.22. The third-order valence-electron chi connectivity index (χ3n) is 4.64. The number of rotatable bonds is 3. The Balaban J connectivity index is 1.74. The molecule has 1 saturated heterocycles. The van der Waals surface area contributed by atoms with Crippen LogP contribution < -0.4 is 4.90 Å². The molecule has 0 unspecified atom stereocenters. The number of hydrogen-bond donors (Lipinski definition) is 1. The van der Waals surface area contributed by atoms with Gasteiger partial charge in [-0.15, -0.1) is 0 Å². The van der Waals surface area contributed by atoms with Gasteiger partial charge in [-0.1, -0.05) is 24.3 Å². The molecule has 1 fully saturated rings. The molecule has 3 aromatic rings. The average molecular weight is 323 g/mol. The second-order valence-electron chi connectivity index (χ2n) is 6.23. The van der Waals surface area contributed by atoms with Crippen LogP contribution in [0.4, 0.5) is 5.82 Å². The normalized spacial score (nSPS) is 16.0. The van der Waals surface area contributed by atoms with E-state index in [0.717, 1.165) is 54.5 Å². The molecule has 0 spiro atoms. The second kappa shape index (κ2) is 6.22. The van der Waals surface area contributed by atoms with Crippen molar-refractivity contribution in [3.8, 4) is 11.3 Å². The molecule has 0 atom stereocenters. The Morgan fingerprint density at radius 3 is 2.50 bits per heavy atom. The summed E-state index contributed by atoms with van der Waals surface area (Å²) in [6.07, 6.45) is 5.71. The predicted octanol–water partition coefficient (Wildman–Crippen LogP) is 1.64. The lowest BCUT2D eigenvalue weighted by molar-refractivity contribution is 0.282. The number of imidazole rings is 1. The van der Waals surface area contributed by atoms with E-state index in [1.807, 2.05) is 42.9 Å². The standard InChI is InChI=1S/C18H21N5O/c1-21-8-10-22(11-9-21)17-18-19-6-7-23(18)16(12-20-17)15-4-2-14(13-24)3-5-15/h2-7,12,24H,8-11,13H2,1H3. The Labute approximate surface area is 141 Å². The van der Waals surface area contributed by atoms with E-state index in [0.29, 0.717) is 0 Å². The van der Waals surface area contributed by atoms with Gasteiger partial charge in [-0.05, 0) is 12.6 Å². The Morgan fingerprint density at radius 1 is 1.04 bits per heavy atom. The minimum Gasteiger partial charge on any atom is -0.392 e. The highest BCUT2D eigenvalue weighted by Gasteiger charge is 2.19. The van der Waals surface area contributed by atoms with Gasteiger partial charge in [-0.3, -0.25) is 4.40 Å². The van der Waals surface area contributed by atoms with Crippen molar-refractivity contribution in [3.05, 3.63) is 48.4 Å². The van der Waals surface area contributed by atoms with Crippen LogP contribution in [0.1, 0.15) is 5.56 Å². The molecule has 0 amide bonds. The van der Waals surface area contributed by atoms with Gasteiger partial charge in [0.05, 0.1) is 18.5 Å². The van der Waals surface area contributed by atoms with Crippen LogP contribution in [0.2, 0.25) is 0 Å². The second-order valence-corrected chi connectivity index (χ2v) is 6.23. The van der Waals surface area contributed by atoms with E-state index in [2.05, 4.69) is 26.2 Å². The van der Waals surface area contributed by atoms with Gasteiger partial charge in [0.25, 0.3) is 0 Å². The van der Waals surface area contributed by atoms with Crippen LogP contribution in [0.5, 0.6) is 0 Å². The molecule has 1 aliphatic heterocycles. The van der Waals surface area contributed by atoms with Crippen LogP contribution in [0, 0.1) is 0 Å². The topological polar surface area (TPSA) is 56.9 Å². The maximum absolute atomic E-state index is 9.20. The summed E-state index contributed by atoms with van der Waals surface area (Å²) in [7, 11) is 2.15. The largest absolute Gasteiger partial charge is 0.392 e. The molecule has 2 aromatic heterocycles. The van der Waals surface area contributed by atoms with Gasteiger partial charge in [0.1, 0.15) is 0 Å². The molecule has 6 heteroatoms. The highest BCUT2D eigenvalue weighted by Crippen LogP contribution is 2.26. The number of anilines is 1. The summed E-state index contributed by atoms with van der Waals surface area (Å²) in [4.78, 5) is 13.9. The molecule has 0 saturated carbocycles. The zero-order chi connectivity index (χ0) is 16.5. The number of piperazine rings is 1. The molecule has 0 aliphatic carbocycles. The average Bonchev–Trinajstić information content (AvgIpc) is 3.12. The lowest BCUT2D eigenvalue weighted by Crippen LogP contribution is -2.45. The van der Waals surface area contributed by atoms with E-state index in [1.54, 1.807) is 0 Å². The Kier molecular flexibility index (Phi) is 3.92. The van der Waals surface area contributed by atoms with Gasteiger partial charge in [0, 0.05) is 44.1 Å². The van der Waals surface area contributed by atoms with Crippen LogP contribution in [0.15, 0.2) is 42.9 Å². The summed E-state index contributed by atoms with van der Waals surface area (Å²) in [5, 5.41) is 9.20. The van der Waals surface area contributed by atoms with Crippen LogP contribution >= 0.6 is 0 Å². The van der Waals surface area contributed by atoms with E-state index in [9.17, 15) is 5.11 Å². The van der Waals surface area contributed by atoms with Crippen molar-refractivity contribution in [2.45, 2.75) is 6.61 Å². The fourth-order valence-corrected chi connectivity index (χ4v) is 3.14. The van der Waals surface area contributed by atoms with Crippen molar-refractivity contribution >= 4 is 11.5 Å². The van der Waals surface area contributed by atoms with Crippen LogP contribution in [0.3, 0.4) is 0 Å². The van der Waals surface area contributed by atoms with E-state index >= 15 is 0 Å². The van der Waals surface area contributed by atoms with Crippen molar-refractivity contribution in [1.29, 1.82) is 0 Å². The van der Waals surface area contributed by atoms with Crippen LogP contribution in [-0.2, 0) is 6.61 Å². The highest BCUT2D eigenvalue weighted by molar-refractivity contribution is 5.71. The molecule has 0 radical (unpaired) electrons. The van der Waals surface area contributed by atoms with Crippen LogP contribution in [-0.4, -0.2) is 57.6 Å². The number of aliphatic hydroxyl groups is 1. The number of nitrogens with zero attached hydrogens (tertiary/aromatic N) is 5. The molecular formula is C18H21N5O. The highest BCUT2D eigenvalue weighted by atomic mass is 16.3. The number of benzene rings is 1. The Hall–Kier alpha value is -2.44. The molecule has 1 aliphatic rings. The van der Waals surface area contributed by atoms with E-state index in [1.165, 1.54) is 0 Å². The lowest BCUT2D eigenvalue weighted by atomic mass is 10.1. The maximum atomic E-state index is 9.20. The van der Waals surface area contributed by atoms with E-state index < -0.39 is 0 Å². The van der Waals surface area contributed by atoms with Gasteiger partial charge in [-0.2, -0.15) is 0 Å². The number of aliphatic hydroxyl groups excluding tert-OH is 1. The van der Waals surface area contributed by atoms with Gasteiger partial charge < -0.3 is 14.9 Å². The molecule has 4 rings (SSSR count). The van der Waals surface area contributed by atoms with Gasteiger partial charge >= 0.3 is 0 Å². The SMILES string of the molecule is CN1CCN(c2ncc(-c3ccc(CO)cc3)n3ccnc23)CC1. The van der Waals surface area contributed by atoms with E-state index in [4.69, 9.17) is 4.98 Å². The first-order chi connectivity index (χ1) is 11.8. The molecule has 3 heterocycles. The quantitative estimate of drug-likeness (QED) is 0.794. The fourth-order valence-electron chi connectivity index (χ4n) is 3.14. The summed E-state index contributed by atoms with van der Waals surface area (Å²) in [5.41, 5.74) is 3.86. The zero-order valence-electron chi connectivity index (χ0n) is 13.8. The summed E-state index contributed by atoms with van der Waals surface area (Å²) in [6.45, 7) is 4.08. The molecule has 1 aromatic carbocycles. The zero-order valence-corrected chi connectivity index (χ0v) is 13.8. The number of fused-ring (bicyclic) bond motifs is 1. The summed E-state index contributed by atoms with van der Waals surface area (Å²) < 4.78 is 2.09. The van der Waals surface area contributed by atoms with Gasteiger partial charge in [-0.25, -0.2) is 9.97 Å². The van der Waals surface area contributed by atoms with Gasteiger partial charge in [0.15, 0.2) is 11.5 Å². The van der Waals surface area contributed by atoms with Crippen molar-refractivity contribution in [2.75, 3.05) is 38.1 Å². The Morgan fingerprint density at radius 2 is 1.79 bits per heavy atom. The molecular weight excluding hydrogens is 302 g/mol. The smallest absolute Gasteiger partial charge is 0.180 e. The van der Waals surface area contributed by atoms with Crippen molar-refractivity contribution in [2.24, 2.45) is 0 Å². The van der Waals surface area contributed by atoms with E-state index in [-0.39, 0.29) is 6.61 Å². The predicted molar refractivity (Wildman–Crippen MR) is 94.1 cm³/mol. The number of aromatic nitrogens is 3. The molecule has 6 nitrogen and oxygen atoms in total. The monoisotopic (exact) mass is 323 g/mol. The fraction of sp³-hybridized carbons (Fsp3) is 0.333. The van der Waals surface area contributed by atoms with Crippen LogP contribution in [0.25, 0.3) is 16.9 Å². The van der Waals surface area contributed by atoms with Crippen molar-refractivity contribution in [1.82, 2.24) is 19.3 Å². The third kappa shape index (κ3) is 2.64. The number of likely N-dealkylation sites (N-methyl/N-ethyl adjacent to an activating group) is 1. The molecule has 0 bridgehead atoms. The van der Waals surface area contributed by atoms with Crippen molar-refractivity contribution in [3.63, 3.8) is 0 Å². The summed E-state index contributed by atoms with van der Waals surface area (Å²) in [6, 6.07) is 7.90. The summed E-state index contributed by atoms with van der Waals surface area (Å²) >= 11 is 0. The van der Waals surface area contributed by atoms with Crippen molar-refractivity contribution < 1.29 is 5.11 Å². The summed E-state index contributed by atoms with van der Waals surface area (Å²) in [5.74, 6) is 0.948. The molecule has 24 heavy (non-hydrogen) atoms. The first-order valence-corrected chi connectivity index (χ1v) is 8.22. The molecule has 124 valence electrons. The minimum absolute atomic E-state index is 0.0569. The minimum atomic E-state index is 0.0569. The number of hydrogen-bond acceptors (Lipinski definition) is 5. The molecule has 1 N–H and O–H groups in total. The maximum Gasteiger partial charge on any atom is 0.180 e. The first kappa shape index (κ1) is 15.1.